The highest BCUT2D eigenvalue weighted by atomic mass is 32.2. The number of hydrogen-bond donors (Lipinski definition) is 4. The van der Waals surface area contributed by atoms with Crippen molar-refractivity contribution in [3.63, 3.8) is 0 Å². The maximum Gasteiger partial charge on any atom is 0.155 e. The SMILES string of the molecule is CC(C)CC(NC(C)(C)C)C(=O)C(C)(C)C.CCC(C)C(NC(C)(C)C)C(=O)C(C)(C)C.CCC(NC(C)(C)C)C(=O)C(C)(C)C.CSCC(NC(C)(C)C)C(=O)C(C)(C)C. The highest BCUT2D eigenvalue weighted by Crippen LogP contribution is 2.25. The number of thioether (sulfide) groups is 1. The smallest absolute Gasteiger partial charge is 0.155 e. The molecule has 0 aromatic carbocycles. The molecule has 0 radical (unpaired) electrons. The Morgan fingerprint density at radius 2 is 0.689 bits per heavy atom. The summed E-state index contributed by atoms with van der Waals surface area (Å²) >= 11 is 1.71. The molecule has 9 heteroatoms. The predicted molar refractivity (Wildman–Crippen MR) is 272 cm³/mol. The lowest BCUT2D eigenvalue weighted by Gasteiger charge is -2.35. The van der Waals surface area contributed by atoms with Crippen LogP contribution in [0, 0.1) is 33.5 Å². The zero-order chi connectivity index (χ0) is 50.1. The molecule has 0 amide bonds. The van der Waals surface area contributed by atoms with E-state index in [-0.39, 0.29) is 68.0 Å². The van der Waals surface area contributed by atoms with Crippen LogP contribution in [0.3, 0.4) is 0 Å². The van der Waals surface area contributed by atoms with Crippen LogP contribution in [-0.2, 0) is 19.2 Å². The maximum absolute atomic E-state index is 12.4. The average molecular weight is 886 g/mol. The summed E-state index contributed by atoms with van der Waals surface area (Å²) in [6, 6.07) is -0.125. The fourth-order valence-electron chi connectivity index (χ4n) is 6.18. The van der Waals surface area contributed by atoms with Crippen LogP contribution in [0.2, 0.25) is 0 Å². The molecular weight excluding hydrogens is 777 g/mol. The first-order valence-corrected chi connectivity index (χ1v) is 24.7. The Morgan fingerprint density at radius 3 is 0.934 bits per heavy atom. The van der Waals surface area contributed by atoms with Crippen molar-refractivity contribution in [1.29, 1.82) is 0 Å². The van der Waals surface area contributed by atoms with Crippen LogP contribution in [0.25, 0.3) is 0 Å². The Kier molecular flexibility index (Phi) is 29.1. The van der Waals surface area contributed by atoms with Gasteiger partial charge in [-0.05, 0) is 114 Å². The molecule has 0 saturated carbocycles. The number of rotatable bonds is 15. The summed E-state index contributed by atoms with van der Waals surface area (Å²) in [5.41, 5.74) is -1.10. The zero-order valence-corrected chi connectivity index (χ0v) is 47.2. The zero-order valence-electron chi connectivity index (χ0n) is 46.3. The third-order valence-electron chi connectivity index (χ3n) is 9.26. The standard InChI is InChI=1S/2C14H29NO.C12H25NOS.C12H25NO/c1-10(2)9-11(15-14(6,7)8)12(16)13(3,4)5;1-9-10(2)11(15-14(6,7)8)12(16)13(3,4)5;1-11(2,3)10(14)9(8-15-7)13-12(4,5)6;1-8-9(13-12(5,6)7)10(14)11(2,3)4/h2*10-11,15H,9H2,1-8H3;9,13H,8H2,1-7H3;9,13H,8H2,1-7H3. The average Bonchev–Trinajstić information content (AvgIpc) is 3.00. The fraction of sp³-hybridized carbons (Fsp3) is 0.923. The van der Waals surface area contributed by atoms with E-state index in [4.69, 9.17) is 0 Å². The molecule has 0 aromatic rings. The third-order valence-corrected chi connectivity index (χ3v) is 9.93. The van der Waals surface area contributed by atoms with E-state index in [1.54, 1.807) is 11.8 Å². The summed E-state index contributed by atoms with van der Waals surface area (Å²) in [6.45, 7) is 59.7. The minimum absolute atomic E-state index is 0.00157. The molecule has 0 rings (SSSR count). The van der Waals surface area contributed by atoms with Gasteiger partial charge in [-0.15, -0.1) is 0 Å². The van der Waals surface area contributed by atoms with Crippen molar-refractivity contribution in [3.8, 4) is 0 Å². The summed E-state index contributed by atoms with van der Waals surface area (Å²) in [7, 11) is 0. The molecule has 0 aliphatic heterocycles. The Balaban J connectivity index is -0.000000356. The summed E-state index contributed by atoms with van der Waals surface area (Å²) in [5, 5.41) is 13.7. The number of carbonyl (C=O) groups excluding carboxylic acids is 4. The van der Waals surface area contributed by atoms with Gasteiger partial charge < -0.3 is 21.3 Å². The van der Waals surface area contributed by atoms with Gasteiger partial charge in [-0.1, -0.05) is 124 Å². The van der Waals surface area contributed by atoms with E-state index in [1.165, 1.54) is 0 Å². The van der Waals surface area contributed by atoms with Crippen molar-refractivity contribution in [2.75, 3.05) is 12.0 Å². The van der Waals surface area contributed by atoms with Gasteiger partial charge in [0, 0.05) is 49.6 Å². The minimum Gasteiger partial charge on any atom is -0.303 e. The summed E-state index contributed by atoms with van der Waals surface area (Å²) < 4.78 is 0. The Labute approximate surface area is 385 Å². The largest absolute Gasteiger partial charge is 0.303 e. The quantitative estimate of drug-likeness (QED) is 0.128. The van der Waals surface area contributed by atoms with Crippen LogP contribution in [0.1, 0.15) is 220 Å². The van der Waals surface area contributed by atoms with Crippen LogP contribution >= 0.6 is 11.8 Å². The van der Waals surface area contributed by atoms with Gasteiger partial charge in [-0.2, -0.15) is 11.8 Å². The highest BCUT2D eigenvalue weighted by molar-refractivity contribution is 7.98. The number of carbonyl (C=O) groups is 4. The van der Waals surface area contributed by atoms with Crippen molar-refractivity contribution >= 4 is 34.9 Å². The highest BCUT2D eigenvalue weighted by Gasteiger charge is 2.36. The van der Waals surface area contributed by atoms with Gasteiger partial charge in [0.1, 0.15) is 0 Å². The van der Waals surface area contributed by atoms with Gasteiger partial charge in [-0.3, -0.25) is 19.2 Å². The second-order valence-electron chi connectivity index (χ2n) is 26.0. The van der Waals surface area contributed by atoms with Crippen molar-refractivity contribution < 1.29 is 19.2 Å². The van der Waals surface area contributed by atoms with Crippen molar-refractivity contribution in [2.45, 2.75) is 266 Å². The molecule has 0 aliphatic rings. The topological polar surface area (TPSA) is 116 Å². The van der Waals surface area contributed by atoms with Gasteiger partial charge >= 0.3 is 0 Å². The van der Waals surface area contributed by atoms with E-state index in [2.05, 4.69) is 132 Å². The molecule has 0 aromatic heterocycles. The fourth-order valence-corrected chi connectivity index (χ4v) is 6.74. The Hall–Kier alpha value is -1.13. The minimum atomic E-state index is -0.271. The van der Waals surface area contributed by atoms with E-state index in [9.17, 15) is 19.2 Å². The second kappa shape index (κ2) is 26.7. The molecule has 5 unspecified atom stereocenters. The molecule has 366 valence electrons. The first-order chi connectivity index (χ1) is 26.6. The Morgan fingerprint density at radius 1 is 0.410 bits per heavy atom. The third kappa shape index (κ3) is 34.9. The Bertz CT molecular complexity index is 1270. The molecule has 4 N–H and O–H groups in total. The van der Waals surface area contributed by atoms with E-state index >= 15 is 0 Å². The second-order valence-corrected chi connectivity index (χ2v) is 27.0. The first-order valence-electron chi connectivity index (χ1n) is 23.3. The molecule has 0 aliphatic carbocycles. The lowest BCUT2D eigenvalue weighted by Crippen LogP contribution is -2.53. The van der Waals surface area contributed by atoms with E-state index in [0.717, 1.165) is 25.0 Å². The lowest BCUT2D eigenvalue weighted by molar-refractivity contribution is -0.130. The number of ketones is 4. The van der Waals surface area contributed by atoms with Crippen molar-refractivity contribution in [3.05, 3.63) is 0 Å². The van der Waals surface area contributed by atoms with Crippen LogP contribution in [0.5, 0.6) is 0 Å². The number of nitrogens with one attached hydrogen (secondary N) is 4. The van der Waals surface area contributed by atoms with Crippen LogP contribution in [-0.4, -0.2) is 81.5 Å². The van der Waals surface area contributed by atoms with Crippen molar-refractivity contribution in [2.24, 2.45) is 33.5 Å². The van der Waals surface area contributed by atoms with Gasteiger partial charge in [0.15, 0.2) is 23.1 Å². The molecular formula is C52H108N4O4S. The molecule has 8 nitrogen and oxygen atoms in total. The molecule has 0 heterocycles. The molecule has 0 spiro atoms. The lowest BCUT2D eigenvalue weighted by atomic mass is 9.80. The summed E-state index contributed by atoms with van der Waals surface area (Å²) in [4.78, 5) is 48.9. The van der Waals surface area contributed by atoms with E-state index in [0.29, 0.717) is 35.0 Å². The van der Waals surface area contributed by atoms with Crippen LogP contribution in [0.15, 0.2) is 0 Å². The predicted octanol–water partition coefficient (Wildman–Crippen LogP) is 12.3. The molecule has 61 heavy (non-hydrogen) atoms. The van der Waals surface area contributed by atoms with Gasteiger partial charge in [-0.25, -0.2) is 0 Å². The van der Waals surface area contributed by atoms with E-state index in [1.807, 2.05) is 96.3 Å². The maximum atomic E-state index is 12.4. The molecule has 0 fully saturated rings. The van der Waals surface area contributed by atoms with Gasteiger partial charge in [0.2, 0.25) is 0 Å². The molecule has 5 atom stereocenters. The van der Waals surface area contributed by atoms with Crippen LogP contribution in [0.4, 0.5) is 0 Å². The van der Waals surface area contributed by atoms with E-state index < -0.39 is 0 Å². The van der Waals surface area contributed by atoms with Gasteiger partial charge in [0.05, 0.1) is 24.2 Å². The normalized spacial score (nSPS) is 15.7. The monoisotopic (exact) mass is 885 g/mol. The van der Waals surface area contributed by atoms with Crippen molar-refractivity contribution in [1.82, 2.24) is 21.3 Å². The van der Waals surface area contributed by atoms with Gasteiger partial charge in [0.25, 0.3) is 0 Å². The number of Topliss-reactive ketones (excluding diaryl/α,β-unsaturated/α-hetero) is 4. The van der Waals surface area contributed by atoms with Crippen LogP contribution < -0.4 is 21.3 Å². The first kappa shape index (κ1) is 66.5. The summed E-state index contributed by atoms with van der Waals surface area (Å²) in [6.07, 6.45) is 4.82. The summed E-state index contributed by atoms with van der Waals surface area (Å²) in [5.74, 6) is 2.99. The molecule has 0 saturated heterocycles. The number of hydrogen-bond acceptors (Lipinski definition) is 9. The molecule has 0 bridgehead atoms.